The second-order valence-electron chi connectivity index (χ2n) is 6.17. The molecule has 1 aliphatic rings. The summed E-state index contributed by atoms with van der Waals surface area (Å²) in [4.78, 5) is 16.2. The number of nitrogens with zero attached hydrogens (tertiary/aromatic N) is 3. The highest BCUT2D eigenvalue weighted by Crippen LogP contribution is 2.33. The van der Waals surface area contributed by atoms with Crippen LogP contribution < -0.4 is 10.6 Å². The molecule has 1 atom stereocenters. The highest BCUT2D eigenvalue weighted by atomic mass is 35.5. The highest BCUT2D eigenvalue weighted by molar-refractivity contribution is 6.30. The molecule has 0 saturated carbocycles. The van der Waals surface area contributed by atoms with Gasteiger partial charge in [0.05, 0.1) is 0 Å². The number of anilines is 2. The van der Waals surface area contributed by atoms with Gasteiger partial charge in [-0.25, -0.2) is 4.68 Å². The van der Waals surface area contributed by atoms with Gasteiger partial charge in [-0.3, -0.25) is 10.1 Å². The minimum atomic E-state index is -0.145. The Morgan fingerprint density at radius 2 is 1.93 bits per heavy atom. The van der Waals surface area contributed by atoms with Crippen LogP contribution in [-0.4, -0.2) is 20.7 Å². The Bertz CT molecular complexity index is 995. The van der Waals surface area contributed by atoms with Gasteiger partial charge < -0.3 is 5.32 Å². The molecule has 1 aliphatic heterocycles. The van der Waals surface area contributed by atoms with Crippen molar-refractivity contribution in [2.45, 2.75) is 19.4 Å². The van der Waals surface area contributed by atoms with Crippen molar-refractivity contribution < 1.29 is 4.79 Å². The van der Waals surface area contributed by atoms with E-state index >= 15 is 0 Å². The van der Waals surface area contributed by atoms with Crippen molar-refractivity contribution in [2.24, 2.45) is 0 Å². The van der Waals surface area contributed by atoms with Gasteiger partial charge in [-0.15, -0.1) is 5.10 Å². The van der Waals surface area contributed by atoms with E-state index in [-0.39, 0.29) is 17.9 Å². The third-order valence-corrected chi connectivity index (χ3v) is 4.59. The molecule has 4 rings (SSSR count). The molecule has 27 heavy (non-hydrogen) atoms. The van der Waals surface area contributed by atoms with E-state index in [1.54, 1.807) is 11.6 Å². The molecule has 0 aliphatic carbocycles. The summed E-state index contributed by atoms with van der Waals surface area (Å²) in [6.45, 7) is 1.79. The standard InChI is InChI=1S/C20H18ClN5O/c1-2-18(27)23-19-24-20-22-16(13-8-10-15(21)11-9-13)12-17(26(20)25-19)14-6-4-3-5-7-14/h3-12,17H,2H2,1H3,(H2,22,23,24,25,27)/t17-/m1/s1. The molecule has 0 spiro atoms. The van der Waals surface area contributed by atoms with E-state index in [0.717, 1.165) is 16.8 Å². The lowest BCUT2D eigenvalue weighted by Gasteiger charge is -2.24. The van der Waals surface area contributed by atoms with Crippen LogP contribution in [0.5, 0.6) is 0 Å². The largest absolute Gasteiger partial charge is 0.324 e. The van der Waals surface area contributed by atoms with E-state index in [9.17, 15) is 4.79 Å². The van der Waals surface area contributed by atoms with Crippen LogP contribution in [0.1, 0.15) is 30.5 Å². The molecule has 2 aromatic carbocycles. The molecule has 1 aromatic heterocycles. The summed E-state index contributed by atoms with van der Waals surface area (Å²) in [5.74, 6) is 0.735. The molecule has 0 saturated heterocycles. The Labute approximate surface area is 161 Å². The summed E-state index contributed by atoms with van der Waals surface area (Å²) in [7, 11) is 0. The lowest BCUT2D eigenvalue weighted by atomic mass is 10.0. The van der Waals surface area contributed by atoms with Crippen LogP contribution in [0.3, 0.4) is 0 Å². The second kappa shape index (κ2) is 7.25. The number of allylic oxidation sites excluding steroid dienone is 1. The predicted octanol–water partition coefficient (Wildman–Crippen LogP) is 4.34. The molecule has 0 bridgehead atoms. The monoisotopic (exact) mass is 379 g/mol. The van der Waals surface area contributed by atoms with Crippen molar-refractivity contribution in [3.05, 3.63) is 76.8 Å². The maximum absolute atomic E-state index is 11.7. The number of amides is 1. The summed E-state index contributed by atoms with van der Waals surface area (Å²) < 4.78 is 1.78. The fourth-order valence-electron chi connectivity index (χ4n) is 2.94. The van der Waals surface area contributed by atoms with Crippen molar-refractivity contribution in [3.8, 4) is 0 Å². The number of aromatic nitrogens is 3. The minimum absolute atomic E-state index is 0.125. The van der Waals surface area contributed by atoms with Crippen molar-refractivity contribution in [3.63, 3.8) is 0 Å². The van der Waals surface area contributed by atoms with Crippen LogP contribution >= 0.6 is 11.6 Å². The van der Waals surface area contributed by atoms with Crippen LogP contribution in [0.15, 0.2) is 60.7 Å². The van der Waals surface area contributed by atoms with Gasteiger partial charge in [0.1, 0.15) is 6.04 Å². The Balaban J connectivity index is 1.76. The van der Waals surface area contributed by atoms with Crippen LogP contribution in [-0.2, 0) is 4.79 Å². The molecule has 3 aromatic rings. The summed E-state index contributed by atoms with van der Waals surface area (Å²) in [6, 6.07) is 17.5. The number of benzene rings is 2. The molecule has 2 heterocycles. The number of hydrogen-bond acceptors (Lipinski definition) is 4. The van der Waals surface area contributed by atoms with Crippen LogP contribution in [0.2, 0.25) is 5.02 Å². The van der Waals surface area contributed by atoms with Crippen molar-refractivity contribution >= 4 is 35.1 Å². The molecular weight excluding hydrogens is 362 g/mol. The fraction of sp³-hybridized carbons (Fsp3) is 0.150. The molecule has 1 amide bonds. The first-order valence-corrected chi connectivity index (χ1v) is 9.08. The van der Waals surface area contributed by atoms with E-state index in [1.165, 1.54) is 0 Å². The number of hydrogen-bond donors (Lipinski definition) is 2. The first kappa shape index (κ1) is 17.3. The SMILES string of the molecule is CCC(=O)Nc1nc2n(n1)[C@@H](c1ccccc1)C=C(c1ccc(Cl)cc1)N2. The van der Waals surface area contributed by atoms with E-state index in [1.807, 2.05) is 54.6 Å². The smallest absolute Gasteiger partial charge is 0.250 e. The summed E-state index contributed by atoms with van der Waals surface area (Å²) in [6.07, 6.45) is 2.46. The van der Waals surface area contributed by atoms with Crippen LogP contribution in [0.25, 0.3) is 5.70 Å². The number of nitrogens with one attached hydrogen (secondary N) is 2. The van der Waals surface area contributed by atoms with Gasteiger partial charge in [-0.2, -0.15) is 4.98 Å². The normalized spacial score (nSPS) is 15.5. The number of fused-ring (bicyclic) bond motifs is 1. The summed E-state index contributed by atoms with van der Waals surface area (Å²) in [5, 5.41) is 11.2. The fourth-order valence-corrected chi connectivity index (χ4v) is 3.07. The van der Waals surface area contributed by atoms with Crippen LogP contribution in [0.4, 0.5) is 11.9 Å². The predicted molar refractivity (Wildman–Crippen MR) is 107 cm³/mol. The molecule has 0 fully saturated rings. The molecule has 136 valence electrons. The first-order chi connectivity index (χ1) is 13.1. The van der Waals surface area contributed by atoms with Gasteiger partial charge in [-0.05, 0) is 29.3 Å². The van der Waals surface area contributed by atoms with Gasteiger partial charge in [0, 0.05) is 17.1 Å². The second-order valence-corrected chi connectivity index (χ2v) is 6.61. The van der Waals surface area contributed by atoms with Gasteiger partial charge in [0.15, 0.2) is 0 Å². The molecule has 6 nitrogen and oxygen atoms in total. The van der Waals surface area contributed by atoms with Gasteiger partial charge in [0.25, 0.3) is 5.95 Å². The third kappa shape index (κ3) is 3.57. The van der Waals surface area contributed by atoms with Gasteiger partial charge in [-0.1, -0.05) is 61.0 Å². The Hall–Kier alpha value is -3.12. The van der Waals surface area contributed by atoms with Gasteiger partial charge in [0.2, 0.25) is 11.9 Å². The number of carbonyl (C=O) groups is 1. The minimum Gasteiger partial charge on any atom is -0.324 e. The van der Waals surface area contributed by atoms with Crippen molar-refractivity contribution in [1.82, 2.24) is 14.8 Å². The zero-order valence-corrected chi connectivity index (χ0v) is 15.4. The third-order valence-electron chi connectivity index (χ3n) is 4.33. The summed E-state index contributed by atoms with van der Waals surface area (Å²) >= 11 is 6.02. The molecular formula is C20H18ClN5O. The van der Waals surface area contributed by atoms with Gasteiger partial charge >= 0.3 is 0 Å². The number of halogens is 1. The zero-order chi connectivity index (χ0) is 18.8. The number of rotatable bonds is 4. The van der Waals surface area contributed by atoms with Crippen molar-refractivity contribution in [1.29, 1.82) is 0 Å². The average Bonchev–Trinajstić information content (AvgIpc) is 3.10. The summed E-state index contributed by atoms with van der Waals surface area (Å²) in [5.41, 5.74) is 2.98. The van der Waals surface area contributed by atoms with Crippen molar-refractivity contribution in [2.75, 3.05) is 10.6 Å². The van der Waals surface area contributed by atoms with E-state index < -0.39 is 0 Å². The quantitative estimate of drug-likeness (QED) is 0.707. The average molecular weight is 380 g/mol. The topological polar surface area (TPSA) is 71.8 Å². The maximum atomic E-state index is 11.7. The molecule has 2 N–H and O–H groups in total. The van der Waals surface area contributed by atoms with Crippen LogP contribution in [0, 0.1) is 0 Å². The van der Waals surface area contributed by atoms with E-state index in [0.29, 0.717) is 17.4 Å². The molecule has 7 heteroatoms. The Morgan fingerprint density at radius 1 is 1.19 bits per heavy atom. The van der Waals surface area contributed by atoms with E-state index in [4.69, 9.17) is 11.6 Å². The number of carbonyl (C=O) groups excluding carboxylic acids is 1. The Morgan fingerprint density at radius 3 is 2.63 bits per heavy atom. The zero-order valence-electron chi connectivity index (χ0n) is 14.7. The Kier molecular flexibility index (Phi) is 4.64. The highest BCUT2D eigenvalue weighted by Gasteiger charge is 2.25. The molecule has 0 radical (unpaired) electrons. The first-order valence-electron chi connectivity index (χ1n) is 8.70. The maximum Gasteiger partial charge on any atom is 0.250 e. The molecule has 0 unspecified atom stereocenters. The lowest BCUT2D eigenvalue weighted by Crippen LogP contribution is -2.20. The van der Waals surface area contributed by atoms with E-state index in [2.05, 4.69) is 26.8 Å². The lowest BCUT2D eigenvalue weighted by molar-refractivity contribution is -0.115.